The highest BCUT2D eigenvalue weighted by Crippen LogP contribution is 2.34. The fraction of sp³-hybridized carbons (Fsp3) is 0.269. The standard InChI is InChI=1S/C26H27N5O3S/c1-15-21(12-18-6-11-22-23(13-18)34-14-33-22)17(3)31(29-15)26-27-16(2)24(35-26)25(32)28-19-7-9-20(10-8-19)30(4)5/h6-11,13H,12,14H2,1-5H3,(H,28,32). The smallest absolute Gasteiger partial charge is 0.267 e. The molecule has 0 saturated heterocycles. The van der Waals surface area contributed by atoms with Crippen LogP contribution in [-0.2, 0) is 6.42 Å². The quantitative estimate of drug-likeness (QED) is 0.415. The number of hydrogen-bond donors (Lipinski definition) is 1. The van der Waals surface area contributed by atoms with Crippen molar-refractivity contribution in [2.24, 2.45) is 0 Å². The van der Waals surface area contributed by atoms with Gasteiger partial charge in [0.2, 0.25) is 11.9 Å². The first kappa shape index (κ1) is 22.9. The molecular formula is C26H27N5O3S. The first-order valence-electron chi connectivity index (χ1n) is 11.3. The number of fused-ring (bicyclic) bond motifs is 1. The number of carbonyl (C=O) groups is 1. The Kier molecular flexibility index (Phi) is 5.94. The van der Waals surface area contributed by atoms with Crippen molar-refractivity contribution in [3.8, 4) is 16.6 Å². The number of aryl methyl sites for hydroxylation is 2. The molecule has 0 spiro atoms. The maximum Gasteiger partial charge on any atom is 0.267 e. The van der Waals surface area contributed by atoms with E-state index in [4.69, 9.17) is 14.6 Å². The summed E-state index contributed by atoms with van der Waals surface area (Å²) in [6.07, 6.45) is 0.717. The van der Waals surface area contributed by atoms with E-state index in [1.807, 2.05) is 86.9 Å². The fourth-order valence-electron chi connectivity index (χ4n) is 4.09. The second kappa shape index (κ2) is 9.07. The van der Waals surface area contributed by atoms with Gasteiger partial charge in [0, 0.05) is 43.1 Å². The molecule has 0 fully saturated rings. The molecule has 2 aromatic carbocycles. The van der Waals surface area contributed by atoms with Crippen molar-refractivity contribution in [1.82, 2.24) is 14.8 Å². The summed E-state index contributed by atoms with van der Waals surface area (Å²) in [5.41, 5.74) is 6.67. The van der Waals surface area contributed by atoms with Crippen LogP contribution in [0.1, 0.15) is 37.9 Å². The third-order valence-corrected chi connectivity index (χ3v) is 7.21. The summed E-state index contributed by atoms with van der Waals surface area (Å²) >= 11 is 1.34. The molecule has 1 aliphatic heterocycles. The van der Waals surface area contributed by atoms with Crippen LogP contribution in [0.3, 0.4) is 0 Å². The molecule has 180 valence electrons. The zero-order valence-corrected chi connectivity index (χ0v) is 21.2. The van der Waals surface area contributed by atoms with Gasteiger partial charge < -0.3 is 19.7 Å². The molecule has 0 unspecified atom stereocenters. The van der Waals surface area contributed by atoms with Crippen LogP contribution < -0.4 is 19.7 Å². The molecule has 0 radical (unpaired) electrons. The predicted molar refractivity (Wildman–Crippen MR) is 138 cm³/mol. The van der Waals surface area contributed by atoms with Crippen LogP contribution in [0.4, 0.5) is 11.4 Å². The van der Waals surface area contributed by atoms with Crippen molar-refractivity contribution >= 4 is 28.6 Å². The Balaban J connectivity index is 1.37. The predicted octanol–water partition coefficient (Wildman–Crippen LogP) is 4.89. The van der Waals surface area contributed by atoms with Crippen LogP contribution in [0.2, 0.25) is 0 Å². The first-order valence-corrected chi connectivity index (χ1v) is 12.1. The summed E-state index contributed by atoms with van der Waals surface area (Å²) in [5.74, 6) is 1.37. The maximum atomic E-state index is 13.0. The topological polar surface area (TPSA) is 81.5 Å². The average molecular weight is 490 g/mol. The summed E-state index contributed by atoms with van der Waals surface area (Å²) in [6.45, 7) is 6.14. The minimum absolute atomic E-state index is 0.175. The summed E-state index contributed by atoms with van der Waals surface area (Å²) in [4.78, 5) is 20.2. The molecule has 5 rings (SSSR count). The van der Waals surface area contributed by atoms with Crippen molar-refractivity contribution in [3.63, 3.8) is 0 Å². The zero-order chi connectivity index (χ0) is 24.7. The van der Waals surface area contributed by atoms with Gasteiger partial charge in [-0.2, -0.15) is 5.10 Å². The lowest BCUT2D eigenvalue weighted by molar-refractivity contribution is 0.103. The van der Waals surface area contributed by atoms with E-state index in [1.165, 1.54) is 11.3 Å². The van der Waals surface area contributed by atoms with Gasteiger partial charge in [-0.25, -0.2) is 9.67 Å². The lowest BCUT2D eigenvalue weighted by Gasteiger charge is -2.12. The first-order chi connectivity index (χ1) is 16.8. The largest absolute Gasteiger partial charge is 0.454 e. The minimum atomic E-state index is -0.175. The molecule has 8 nitrogen and oxygen atoms in total. The molecule has 0 saturated carbocycles. The molecule has 2 aromatic heterocycles. The van der Waals surface area contributed by atoms with E-state index in [2.05, 4.69) is 10.3 Å². The van der Waals surface area contributed by atoms with Gasteiger partial charge in [0.1, 0.15) is 4.88 Å². The van der Waals surface area contributed by atoms with E-state index in [-0.39, 0.29) is 12.7 Å². The second-order valence-electron chi connectivity index (χ2n) is 8.73. The van der Waals surface area contributed by atoms with Crippen LogP contribution in [0.25, 0.3) is 5.13 Å². The van der Waals surface area contributed by atoms with E-state index in [1.54, 1.807) is 0 Å². The molecule has 1 amide bonds. The van der Waals surface area contributed by atoms with Gasteiger partial charge in [-0.1, -0.05) is 17.4 Å². The molecule has 4 aromatic rings. The molecule has 0 atom stereocenters. The summed E-state index contributed by atoms with van der Waals surface area (Å²) < 4.78 is 12.8. The fourth-order valence-corrected chi connectivity index (χ4v) is 5.05. The molecule has 0 bridgehead atoms. The van der Waals surface area contributed by atoms with Crippen molar-refractivity contribution in [2.75, 3.05) is 31.1 Å². The number of rotatable bonds is 6. The van der Waals surface area contributed by atoms with Gasteiger partial charge in [-0.05, 0) is 62.7 Å². The Labute approximate surface area is 208 Å². The monoisotopic (exact) mass is 489 g/mol. The van der Waals surface area contributed by atoms with Crippen molar-refractivity contribution in [3.05, 3.63) is 75.6 Å². The van der Waals surface area contributed by atoms with Crippen molar-refractivity contribution in [1.29, 1.82) is 0 Å². The Morgan fingerprint density at radius 2 is 1.80 bits per heavy atom. The number of ether oxygens (including phenoxy) is 2. The van der Waals surface area contributed by atoms with Crippen molar-refractivity contribution < 1.29 is 14.3 Å². The SMILES string of the molecule is Cc1nc(-n2nc(C)c(Cc3ccc4c(c3)OCO4)c2C)sc1C(=O)Nc1ccc(N(C)C)cc1. The number of hydrogen-bond acceptors (Lipinski definition) is 7. The molecule has 0 aliphatic carbocycles. The van der Waals surface area contributed by atoms with Gasteiger partial charge in [-0.15, -0.1) is 0 Å². The number of aromatic nitrogens is 3. The van der Waals surface area contributed by atoms with Crippen molar-refractivity contribution in [2.45, 2.75) is 27.2 Å². The van der Waals surface area contributed by atoms with Crippen LogP contribution in [-0.4, -0.2) is 41.6 Å². The lowest BCUT2D eigenvalue weighted by atomic mass is 10.0. The Morgan fingerprint density at radius 1 is 1.06 bits per heavy atom. The number of amides is 1. The number of carbonyl (C=O) groups excluding carboxylic acids is 1. The van der Waals surface area contributed by atoms with Crippen LogP contribution in [0, 0.1) is 20.8 Å². The van der Waals surface area contributed by atoms with E-state index in [0.29, 0.717) is 15.7 Å². The van der Waals surface area contributed by atoms with E-state index in [0.717, 1.165) is 51.8 Å². The highest BCUT2D eigenvalue weighted by atomic mass is 32.1. The van der Waals surface area contributed by atoms with Crippen LogP contribution in [0.15, 0.2) is 42.5 Å². The summed E-state index contributed by atoms with van der Waals surface area (Å²) in [5, 5.41) is 8.40. The van der Waals surface area contributed by atoms with Gasteiger partial charge in [0.15, 0.2) is 11.5 Å². The number of nitrogens with one attached hydrogen (secondary N) is 1. The van der Waals surface area contributed by atoms with E-state index in [9.17, 15) is 4.79 Å². The highest BCUT2D eigenvalue weighted by molar-refractivity contribution is 7.16. The summed E-state index contributed by atoms with van der Waals surface area (Å²) in [7, 11) is 3.96. The highest BCUT2D eigenvalue weighted by Gasteiger charge is 2.21. The normalized spacial score (nSPS) is 12.1. The van der Waals surface area contributed by atoms with Gasteiger partial charge in [-0.3, -0.25) is 4.79 Å². The van der Waals surface area contributed by atoms with Gasteiger partial charge in [0.25, 0.3) is 5.91 Å². The molecule has 1 aliphatic rings. The number of nitrogens with zero attached hydrogens (tertiary/aromatic N) is 4. The molecule has 3 heterocycles. The number of thiazole rings is 1. The Morgan fingerprint density at radius 3 is 2.54 bits per heavy atom. The number of anilines is 2. The molecule has 1 N–H and O–H groups in total. The van der Waals surface area contributed by atoms with Crippen LogP contribution >= 0.6 is 11.3 Å². The molecule has 9 heteroatoms. The van der Waals surface area contributed by atoms with E-state index >= 15 is 0 Å². The Bertz CT molecular complexity index is 1410. The molecular weight excluding hydrogens is 462 g/mol. The van der Waals surface area contributed by atoms with E-state index < -0.39 is 0 Å². The van der Waals surface area contributed by atoms with Gasteiger partial charge in [0.05, 0.1) is 11.4 Å². The van der Waals surface area contributed by atoms with Gasteiger partial charge >= 0.3 is 0 Å². The number of benzene rings is 2. The third-order valence-electron chi connectivity index (χ3n) is 6.07. The minimum Gasteiger partial charge on any atom is -0.454 e. The summed E-state index contributed by atoms with van der Waals surface area (Å²) in [6, 6.07) is 13.7. The van der Waals surface area contributed by atoms with Crippen LogP contribution in [0.5, 0.6) is 11.5 Å². The lowest BCUT2D eigenvalue weighted by Crippen LogP contribution is -2.12. The average Bonchev–Trinajstić information content (AvgIpc) is 3.53. The third kappa shape index (κ3) is 4.46. The Hall–Kier alpha value is -3.85. The second-order valence-corrected chi connectivity index (χ2v) is 9.71. The zero-order valence-electron chi connectivity index (χ0n) is 20.4. The molecule has 35 heavy (non-hydrogen) atoms. The maximum absolute atomic E-state index is 13.0.